The van der Waals surface area contributed by atoms with Crippen molar-refractivity contribution >= 4 is 51.0 Å². The van der Waals surface area contributed by atoms with Crippen LogP contribution in [0.4, 0.5) is 0 Å². The van der Waals surface area contributed by atoms with E-state index in [0.717, 1.165) is 10.0 Å². The molecule has 0 fully saturated rings. The molecular formula is C17H14BrCl2NO3. The predicted molar refractivity (Wildman–Crippen MR) is 97.4 cm³/mol. The maximum Gasteiger partial charge on any atom is 0.307 e. The van der Waals surface area contributed by atoms with E-state index in [1.54, 1.807) is 42.5 Å². The number of benzene rings is 2. The molecule has 2 rings (SSSR count). The highest BCUT2D eigenvalue weighted by atomic mass is 79.9. The van der Waals surface area contributed by atoms with Gasteiger partial charge in [0.25, 0.3) is 5.91 Å². The smallest absolute Gasteiger partial charge is 0.307 e. The number of rotatable bonds is 5. The topological polar surface area (TPSA) is 55.4 Å². The number of hydrogen-bond acceptors (Lipinski definition) is 3. The molecule has 2 aromatic rings. The largest absolute Gasteiger partial charge is 0.469 e. The Morgan fingerprint density at radius 1 is 1.17 bits per heavy atom. The number of esters is 1. The summed E-state index contributed by atoms with van der Waals surface area (Å²) in [4.78, 5) is 24.2. The van der Waals surface area contributed by atoms with Gasteiger partial charge in [-0.3, -0.25) is 9.59 Å². The molecule has 1 unspecified atom stereocenters. The number of methoxy groups -OCH3 is 1. The molecular weight excluding hydrogens is 417 g/mol. The van der Waals surface area contributed by atoms with Crippen LogP contribution in [0.2, 0.25) is 10.0 Å². The number of ether oxygens (including phenoxy) is 1. The van der Waals surface area contributed by atoms with Crippen molar-refractivity contribution in [1.29, 1.82) is 0 Å². The van der Waals surface area contributed by atoms with E-state index in [-0.39, 0.29) is 12.3 Å². The van der Waals surface area contributed by atoms with E-state index in [1.165, 1.54) is 7.11 Å². The molecule has 1 amide bonds. The third kappa shape index (κ3) is 4.97. The van der Waals surface area contributed by atoms with Crippen LogP contribution in [-0.2, 0) is 9.53 Å². The van der Waals surface area contributed by atoms with Crippen molar-refractivity contribution < 1.29 is 14.3 Å². The van der Waals surface area contributed by atoms with E-state index in [4.69, 9.17) is 27.9 Å². The monoisotopic (exact) mass is 429 g/mol. The zero-order chi connectivity index (χ0) is 17.7. The van der Waals surface area contributed by atoms with Crippen molar-refractivity contribution in [3.63, 3.8) is 0 Å². The quantitative estimate of drug-likeness (QED) is 0.693. The Kier molecular flexibility index (Phi) is 6.66. The van der Waals surface area contributed by atoms with Crippen LogP contribution in [-0.4, -0.2) is 19.0 Å². The third-order valence-corrected chi connectivity index (χ3v) is 4.42. The first kappa shape index (κ1) is 18.8. The molecule has 0 spiro atoms. The zero-order valence-corrected chi connectivity index (χ0v) is 15.8. The number of nitrogens with one attached hydrogen (secondary N) is 1. The Labute approximate surface area is 158 Å². The van der Waals surface area contributed by atoms with Crippen LogP contribution in [0.1, 0.15) is 28.4 Å². The Morgan fingerprint density at radius 2 is 1.83 bits per heavy atom. The molecule has 0 radical (unpaired) electrons. The van der Waals surface area contributed by atoms with Crippen LogP contribution >= 0.6 is 39.1 Å². The molecule has 0 aliphatic rings. The average molecular weight is 431 g/mol. The lowest BCUT2D eigenvalue weighted by Gasteiger charge is -2.19. The Morgan fingerprint density at radius 3 is 2.46 bits per heavy atom. The van der Waals surface area contributed by atoms with Crippen LogP contribution < -0.4 is 5.32 Å². The summed E-state index contributed by atoms with van der Waals surface area (Å²) in [6.45, 7) is 0. The second-order valence-electron chi connectivity index (χ2n) is 4.98. The maximum atomic E-state index is 12.5. The first-order chi connectivity index (χ1) is 11.4. The van der Waals surface area contributed by atoms with Gasteiger partial charge in [0.05, 0.1) is 30.2 Å². The van der Waals surface area contributed by atoms with Gasteiger partial charge in [0.1, 0.15) is 0 Å². The van der Waals surface area contributed by atoms with Crippen molar-refractivity contribution in [2.45, 2.75) is 12.5 Å². The van der Waals surface area contributed by atoms with Gasteiger partial charge < -0.3 is 10.1 Å². The van der Waals surface area contributed by atoms with Gasteiger partial charge in [-0.15, -0.1) is 0 Å². The van der Waals surface area contributed by atoms with Crippen LogP contribution in [0.15, 0.2) is 46.9 Å². The minimum absolute atomic E-state index is 0.00447. The fourth-order valence-electron chi connectivity index (χ4n) is 2.10. The molecule has 0 saturated carbocycles. The van der Waals surface area contributed by atoms with E-state index in [0.29, 0.717) is 15.6 Å². The summed E-state index contributed by atoms with van der Waals surface area (Å²) in [6.07, 6.45) is -0.00447. The molecule has 24 heavy (non-hydrogen) atoms. The Hall–Kier alpha value is -1.56. The van der Waals surface area contributed by atoms with Crippen molar-refractivity contribution in [1.82, 2.24) is 5.32 Å². The van der Waals surface area contributed by atoms with E-state index >= 15 is 0 Å². The first-order valence-electron chi connectivity index (χ1n) is 6.99. The highest BCUT2D eigenvalue weighted by Crippen LogP contribution is 2.24. The third-order valence-electron chi connectivity index (χ3n) is 3.35. The van der Waals surface area contributed by atoms with Crippen LogP contribution in [0.3, 0.4) is 0 Å². The average Bonchev–Trinajstić information content (AvgIpc) is 2.56. The molecule has 7 heteroatoms. The van der Waals surface area contributed by atoms with Crippen molar-refractivity contribution in [2.24, 2.45) is 0 Å². The van der Waals surface area contributed by atoms with Crippen molar-refractivity contribution in [3.05, 3.63) is 68.1 Å². The SMILES string of the molecule is COC(=O)CC(NC(=O)c1cc(Br)ccc1Cl)c1ccc(Cl)cc1. The first-order valence-corrected chi connectivity index (χ1v) is 8.54. The molecule has 0 aliphatic carbocycles. The number of amides is 1. The van der Waals surface area contributed by atoms with Crippen molar-refractivity contribution in [3.8, 4) is 0 Å². The Bertz CT molecular complexity index is 750. The van der Waals surface area contributed by atoms with Gasteiger partial charge in [0.15, 0.2) is 0 Å². The second kappa shape index (κ2) is 8.51. The second-order valence-corrected chi connectivity index (χ2v) is 6.74. The van der Waals surface area contributed by atoms with E-state index in [1.807, 2.05) is 0 Å². The molecule has 0 saturated heterocycles. The fraction of sp³-hybridized carbons (Fsp3) is 0.176. The summed E-state index contributed by atoms with van der Waals surface area (Å²) < 4.78 is 5.44. The Balaban J connectivity index is 2.27. The standard InChI is InChI=1S/C17H14BrCl2NO3/c1-24-16(22)9-15(10-2-5-12(19)6-3-10)21-17(23)13-8-11(18)4-7-14(13)20/h2-8,15H,9H2,1H3,(H,21,23). The molecule has 126 valence electrons. The summed E-state index contributed by atoms with van der Waals surface area (Å²) in [5.41, 5.74) is 1.05. The molecule has 1 N–H and O–H groups in total. The molecule has 0 heterocycles. The number of carbonyl (C=O) groups is 2. The van der Waals surface area contributed by atoms with E-state index in [2.05, 4.69) is 21.2 Å². The zero-order valence-electron chi connectivity index (χ0n) is 12.7. The molecule has 0 bridgehead atoms. The summed E-state index contributed by atoms with van der Waals surface area (Å²) in [5.74, 6) is -0.819. The number of halogens is 3. The maximum absolute atomic E-state index is 12.5. The highest BCUT2D eigenvalue weighted by Gasteiger charge is 2.21. The predicted octanol–water partition coefficient (Wildman–Crippen LogP) is 4.79. The molecule has 2 aromatic carbocycles. The van der Waals surface area contributed by atoms with Gasteiger partial charge in [-0.25, -0.2) is 0 Å². The summed E-state index contributed by atoms with van der Waals surface area (Å²) in [5, 5.41) is 3.70. The summed E-state index contributed by atoms with van der Waals surface area (Å²) in [7, 11) is 1.30. The van der Waals surface area contributed by atoms with Crippen LogP contribution in [0, 0.1) is 0 Å². The van der Waals surface area contributed by atoms with Gasteiger partial charge in [0.2, 0.25) is 0 Å². The lowest BCUT2D eigenvalue weighted by atomic mass is 10.0. The van der Waals surface area contributed by atoms with Crippen LogP contribution in [0.5, 0.6) is 0 Å². The van der Waals surface area contributed by atoms with Crippen LogP contribution in [0.25, 0.3) is 0 Å². The lowest BCUT2D eigenvalue weighted by molar-refractivity contribution is -0.141. The lowest BCUT2D eigenvalue weighted by Crippen LogP contribution is -2.30. The van der Waals surface area contributed by atoms with Gasteiger partial charge in [-0.1, -0.05) is 51.3 Å². The molecule has 0 aliphatic heterocycles. The van der Waals surface area contributed by atoms with Gasteiger partial charge in [-0.05, 0) is 35.9 Å². The van der Waals surface area contributed by atoms with Crippen molar-refractivity contribution in [2.75, 3.05) is 7.11 Å². The molecule has 4 nitrogen and oxygen atoms in total. The molecule has 0 aromatic heterocycles. The normalized spacial score (nSPS) is 11.7. The number of carbonyl (C=O) groups excluding carboxylic acids is 2. The fourth-order valence-corrected chi connectivity index (χ4v) is 2.80. The minimum atomic E-state index is -0.558. The molecule has 1 atom stereocenters. The minimum Gasteiger partial charge on any atom is -0.469 e. The number of hydrogen-bond donors (Lipinski definition) is 1. The van der Waals surface area contributed by atoms with Gasteiger partial charge >= 0.3 is 5.97 Å². The highest BCUT2D eigenvalue weighted by molar-refractivity contribution is 9.10. The van der Waals surface area contributed by atoms with E-state index < -0.39 is 12.0 Å². The summed E-state index contributed by atoms with van der Waals surface area (Å²) in [6, 6.07) is 11.3. The summed E-state index contributed by atoms with van der Waals surface area (Å²) >= 11 is 15.3. The van der Waals surface area contributed by atoms with Gasteiger partial charge in [-0.2, -0.15) is 0 Å². The van der Waals surface area contributed by atoms with E-state index in [9.17, 15) is 9.59 Å². The van der Waals surface area contributed by atoms with Gasteiger partial charge in [0, 0.05) is 9.50 Å².